The number of amides is 1. The first-order valence-corrected chi connectivity index (χ1v) is 10.4. The van der Waals surface area contributed by atoms with E-state index in [0.29, 0.717) is 29.6 Å². The average molecular weight is 428 g/mol. The molecule has 1 amide bonds. The lowest BCUT2D eigenvalue weighted by atomic mass is 10.1. The molecule has 0 aliphatic heterocycles. The van der Waals surface area contributed by atoms with Crippen LogP contribution in [0.4, 0.5) is 5.69 Å². The van der Waals surface area contributed by atoms with Crippen molar-refractivity contribution in [3.05, 3.63) is 95.3 Å². The summed E-state index contributed by atoms with van der Waals surface area (Å²) in [5.74, 6) is 1.27. The van der Waals surface area contributed by atoms with Crippen LogP contribution in [-0.2, 0) is 6.42 Å². The maximum atomic E-state index is 12.4. The van der Waals surface area contributed by atoms with Crippen LogP contribution >= 0.6 is 11.3 Å². The summed E-state index contributed by atoms with van der Waals surface area (Å²) in [5.41, 5.74) is 2.76. The van der Waals surface area contributed by atoms with E-state index in [0.717, 1.165) is 16.0 Å². The lowest BCUT2D eigenvalue weighted by molar-refractivity contribution is 0.101. The van der Waals surface area contributed by atoms with Crippen molar-refractivity contribution >= 4 is 22.9 Å². The molecule has 0 aliphatic rings. The Morgan fingerprint density at radius 1 is 0.968 bits per heavy atom. The van der Waals surface area contributed by atoms with Crippen molar-refractivity contribution in [1.29, 1.82) is 0 Å². The van der Waals surface area contributed by atoms with E-state index in [1.807, 2.05) is 72.1 Å². The number of hydrogen-bond acceptors (Lipinski definition) is 7. The summed E-state index contributed by atoms with van der Waals surface area (Å²) in [4.78, 5) is 13.4. The molecule has 7 nitrogen and oxygen atoms in total. The predicted molar refractivity (Wildman–Crippen MR) is 117 cm³/mol. The first kappa shape index (κ1) is 19.0. The lowest BCUT2D eigenvalue weighted by Crippen LogP contribution is -2.12. The third kappa shape index (κ3) is 4.29. The highest BCUT2D eigenvalue weighted by atomic mass is 32.1. The number of carbonyl (C=O) groups excluding carboxylic acids is 1. The van der Waals surface area contributed by atoms with E-state index < -0.39 is 0 Å². The minimum absolute atomic E-state index is 0.228. The Bertz CT molecular complexity index is 1290. The third-order valence-electron chi connectivity index (χ3n) is 4.56. The van der Waals surface area contributed by atoms with Gasteiger partial charge in [-0.2, -0.15) is 0 Å². The van der Waals surface area contributed by atoms with Gasteiger partial charge in [0.1, 0.15) is 0 Å². The largest absolute Gasteiger partial charge is 0.420 e. The van der Waals surface area contributed by atoms with Crippen molar-refractivity contribution in [1.82, 2.24) is 15.4 Å². The lowest BCUT2D eigenvalue weighted by Gasteiger charge is -2.04. The van der Waals surface area contributed by atoms with Crippen molar-refractivity contribution < 1.29 is 13.7 Å². The fourth-order valence-electron chi connectivity index (χ4n) is 3.02. The Hall–Kier alpha value is -4.04. The number of carbonyl (C=O) groups is 1. The SMILES string of the molecule is O=C(Nc1ccc(Cc2nnc(-c3ccccc3)o2)cc1)c1cc(-c2cccs2)on1. The Morgan fingerprint density at radius 3 is 2.58 bits per heavy atom. The zero-order chi connectivity index (χ0) is 21.0. The molecular weight excluding hydrogens is 412 g/mol. The van der Waals surface area contributed by atoms with Crippen LogP contribution < -0.4 is 5.32 Å². The van der Waals surface area contributed by atoms with E-state index in [9.17, 15) is 4.79 Å². The van der Waals surface area contributed by atoms with Crippen LogP contribution in [0, 0.1) is 0 Å². The first-order chi connectivity index (χ1) is 15.2. The molecule has 0 saturated carbocycles. The van der Waals surface area contributed by atoms with Crippen molar-refractivity contribution in [2.45, 2.75) is 6.42 Å². The molecule has 5 aromatic rings. The van der Waals surface area contributed by atoms with E-state index in [2.05, 4.69) is 20.7 Å². The molecule has 0 radical (unpaired) electrons. The van der Waals surface area contributed by atoms with Crippen LogP contribution in [0.1, 0.15) is 21.9 Å². The number of nitrogens with one attached hydrogen (secondary N) is 1. The second kappa shape index (κ2) is 8.37. The smallest absolute Gasteiger partial charge is 0.277 e. The Balaban J connectivity index is 1.22. The molecule has 0 unspecified atom stereocenters. The number of aromatic nitrogens is 3. The average Bonchev–Trinajstić information content (AvgIpc) is 3.57. The van der Waals surface area contributed by atoms with E-state index in [1.165, 1.54) is 11.3 Å². The number of thiophene rings is 1. The van der Waals surface area contributed by atoms with E-state index in [1.54, 1.807) is 6.07 Å². The van der Waals surface area contributed by atoms with Gasteiger partial charge in [-0.1, -0.05) is 41.6 Å². The van der Waals surface area contributed by atoms with Crippen molar-refractivity contribution in [2.75, 3.05) is 5.32 Å². The molecule has 31 heavy (non-hydrogen) atoms. The van der Waals surface area contributed by atoms with Crippen LogP contribution in [0.25, 0.3) is 22.1 Å². The molecule has 3 heterocycles. The summed E-state index contributed by atoms with van der Waals surface area (Å²) in [6.07, 6.45) is 0.502. The Labute approximate surface area is 181 Å². The summed E-state index contributed by atoms with van der Waals surface area (Å²) in [6.45, 7) is 0. The Morgan fingerprint density at radius 2 is 1.81 bits per heavy atom. The standard InChI is InChI=1S/C23H16N4O3S/c28-22(18-14-19(30-27-18)20-7-4-12-31-20)24-17-10-8-15(9-11-17)13-21-25-26-23(29-21)16-5-2-1-3-6-16/h1-12,14H,13H2,(H,24,28). The van der Waals surface area contributed by atoms with Crippen LogP contribution in [0.2, 0.25) is 0 Å². The fraction of sp³-hybridized carbons (Fsp3) is 0.0435. The van der Waals surface area contributed by atoms with Gasteiger partial charge < -0.3 is 14.3 Å². The number of anilines is 1. The second-order valence-electron chi connectivity index (χ2n) is 6.75. The monoisotopic (exact) mass is 428 g/mol. The van der Waals surface area contributed by atoms with E-state index in [4.69, 9.17) is 8.94 Å². The highest BCUT2D eigenvalue weighted by Crippen LogP contribution is 2.25. The van der Waals surface area contributed by atoms with E-state index in [-0.39, 0.29) is 11.6 Å². The zero-order valence-corrected chi connectivity index (χ0v) is 17.0. The summed E-state index contributed by atoms with van der Waals surface area (Å²) in [6, 6.07) is 22.6. The van der Waals surface area contributed by atoms with Gasteiger partial charge in [0.15, 0.2) is 11.5 Å². The maximum Gasteiger partial charge on any atom is 0.277 e. The molecule has 0 atom stereocenters. The van der Waals surface area contributed by atoms with Gasteiger partial charge in [-0.15, -0.1) is 21.5 Å². The number of rotatable bonds is 6. The van der Waals surface area contributed by atoms with Gasteiger partial charge in [-0.05, 0) is 41.3 Å². The molecule has 0 bridgehead atoms. The van der Waals surface area contributed by atoms with Crippen LogP contribution in [0.5, 0.6) is 0 Å². The van der Waals surface area contributed by atoms with Gasteiger partial charge in [-0.25, -0.2) is 0 Å². The topological polar surface area (TPSA) is 94.1 Å². The molecule has 1 N–H and O–H groups in total. The third-order valence-corrected chi connectivity index (χ3v) is 5.45. The molecule has 3 aromatic heterocycles. The normalized spacial score (nSPS) is 10.8. The molecule has 0 fully saturated rings. The fourth-order valence-corrected chi connectivity index (χ4v) is 3.69. The van der Waals surface area contributed by atoms with Gasteiger partial charge >= 0.3 is 0 Å². The molecular formula is C23H16N4O3S. The van der Waals surface area contributed by atoms with E-state index >= 15 is 0 Å². The van der Waals surface area contributed by atoms with Crippen molar-refractivity contribution in [3.8, 4) is 22.1 Å². The zero-order valence-electron chi connectivity index (χ0n) is 16.2. The van der Waals surface area contributed by atoms with Gasteiger partial charge in [0.2, 0.25) is 11.8 Å². The van der Waals surface area contributed by atoms with Crippen molar-refractivity contribution in [3.63, 3.8) is 0 Å². The first-order valence-electron chi connectivity index (χ1n) is 9.53. The van der Waals surface area contributed by atoms with Gasteiger partial charge in [0.05, 0.1) is 11.3 Å². The van der Waals surface area contributed by atoms with Crippen molar-refractivity contribution in [2.24, 2.45) is 0 Å². The molecule has 0 spiro atoms. The number of benzene rings is 2. The minimum Gasteiger partial charge on any atom is -0.420 e. The summed E-state index contributed by atoms with van der Waals surface area (Å²) < 4.78 is 11.0. The summed E-state index contributed by atoms with van der Waals surface area (Å²) in [7, 11) is 0. The maximum absolute atomic E-state index is 12.4. The summed E-state index contributed by atoms with van der Waals surface area (Å²) >= 11 is 1.52. The molecule has 0 saturated heterocycles. The molecule has 5 rings (SSSR count). The minimum atomic E-state index is -0.330. The Kier molecular flexibility index (Phi) is 5.12. The molecule has 0 aliphatic carbocycles. The summed E-state index contributed by atoms with van der Waals surface area (Å²) in [5, 5.41) is 16.8. The van der Waals surface area contributed by atoms with Crippen LogP contribution in [0.3, 0.4) is 0 Å². The predicted octanol–water partition coefficient (Wildman–Crippen LogP) is 5.30. The number of nitrogens with zero attached hydrogens (tertiary/aromatic N) is 3. The highest BCUT2D eigenvalue weighted by molar-refractivity contribution is 7.13. The quantitative estimate of drug-likeness (QED) is 0.395. The van der Waals surface area contributed by atoms with Gasteiger partial charge in [-0.3, -0.25) is 4.79 Å². The van der Waals surface area contributed by atoms with Gasteiger partial charge in [0.25, 0.3) is 5.91 Å². The second-order valence-corrected chi connectivity index (χ2v) is 7.70. The molecule has 2 aromatic carbocycles. The molecule has 8 heteroatoms. The number of hydrogen-bond donors (Lipinski definition) is 1. The van der Waals surface area contributed by atoms with Crippen LogP contribution in [-0.4, -0.2) is 21.3 Å². The van der Waals surface area contributed by atoms with Gasteiger partial charge in [0, 0.05) is 17.3 Å². The molecule has 152 valence electrons. The highest BCUT2D eigenvalue weighted by Gasteiger charge is 2.15. The van der Waals surface area contributed by atoms with Crippen LogP contribution in [0.15, 0.2) is 87.1 Å².